The first kappa shape index (κ1) is 11.1. The van der Waals surface area contributed by atoms with Crippen molar-refractivity contribution < 1.29 is 9.90 Å². The number of hydrogen-bond donors (Lipinski definition) is 1. The number of rotatable bonds is 2. The standard InChI is InChI=1S/C10H12BrNO2S/c11-7-5-9(10(13)14)12(6-7)8-1-3-15-4-2-8/h5-6,8H,1-4H2,(H,13,14). The van der Waals surface area contributed by atoms with Gasteiger partial charge in [0.1, 0.15) is 5.69 Å². The Morgan fingerprint density at radius 3 is 2.80 bits per heavy atom. The van der Waals surface area contributed by atoms with Gasteiger partial charge in [-0.25, -0.2) is 4.79 Å². The Balaban J connectivity index is 2.28. The number of halogens is 1. The summed E-state index contributed by atoms with van der Waals surface area (Å²) in [5, 5.41) is 9.06. The second-order valence-electron chi connectivity index (χ2n) is 3.60. The molecule has 0 atom stereocenters. The molecule has 1 aromatic rings. The van der Waals surface area contributed by atoms with Crippen molar-refractivity contribution in [2.45, 2.75) is 18.9 Å². The van der Waals surface area contributed by atoms with Gasteiger partial charge in [-0.1, -0.05) is 0 Å². The maximum Gasteiger partial charge on any atom is 0.352 e. The summed E-state index contributed by atoms with van der Waals surface area (Å²) in [7, 11) is 0. The predicted molar refractivity (Wildman–Crippen MR) is 64.7 cm³/mol. The maximum atomic E-state index is 11.0. The van der Waals surface area contributed by atoms with E-state index in [0.717, 1.165) is 28.8 Å². The average molecular weight is 290 g/mol. The van der Waals surface area contributed by atoms with Crippen molar-refractivity contribution in [2.75, 3.05) is 11.5 Å². The summed E-state index contributed by atoms with van der Waals surface area (Å²) in [5.41, 5.74) is 0.388. The molecule has 1 fully saturated rings. The lowest BCUT2D eigenvalue weighted by Gasteiger charge is -2.24. The van der Waals surface area contributed by atoms with Crippen LogP contribution >= 0.6 is 27.7 Å². The molecule has 1 aromatic heterocycles. The maximum absolute atomic E-state index is 11.0. The molecule has 1 N–H and O–H groups in total. The Bertz CT molecular complexity index is 371. The fourth-order valence-electron chi connectivity index (χ4n) is 1.88. The normalized spacial score (nSPS) is 17.9. The molecule has 0 bridgehead atoms. The highest BCUT2D eigenvalue weighted by molar-refractivity contribution is 9.10. The SMILES string of the molecule is O=C(O)c1cc(Br)cn1C1CCSCC1. The highest BCUT2D eigenvalue weighted by Crippen LogP contribution is 2.30. The monoisotopic (exact) mass is 289 g/mol. The second-order valence-corrected chi connectivity index (χ2v) is 5.74. The third kappa shape index (κ3) is 2.39. The van der Waals surface area contributed by atoms with Crippen LogP contribution in [0, 0.1) is 0 Å². The summed E-state index contributed by atoms with van der Waals surface area (Å²) in [6.07, 6.45) is 4.00. The molecule has 1 aliphatic heterocycles. The van der Waals surface area contributed by atoms with Crippen LogP contribution in [0.5, 0.6) is 0 Å². The molecule has 0 spiro atoms. The van der Waals surface area contributed by atoms with Crippen LogP contribution in [-0.2, 0) is 0 Å². The summed E-state index contributed by atoms with van der Waals surface area (Å²) >= 11 is 5.27. The second kappa shape index (κ2) is 4.61. The van der Waals surface area contributed by atoms with Crippen LogP contribution < -0.4 is 0 Å². The topological polar surface area (TPSA) is 42.2 Å². The fourth-order valence-corrected chi connectivity index (χ4v) is 3.40. The number of carbonyl (C=O) groups is 1. The van der Waals surface area contributed by atoms with Gasteiger partial charge in [0.25, 0.3) is 0 Å². The van der Waals surface area contributed by atoms with Gasteiger partial charge in [-0.2, -0.15) is 11.8 Å². The van der Waals surface area contributed by atoms with Crippen LogP contribution in [0.25, 0.3) is 0 Å². The van der Waals surface area contributed by atoms with Gasteiger partial charge >= 0.3 is 5.97 Å². The van der Waals surface area contributed by atoms with Crippen LogP contribution in [0.4, 0.5) is 0 Å². The van der Waals surface area contributed by atoms with Gasteiger partial charge < -0.3 is 9.67 Å². The molecule has 0 aliphatic carbocycles. The summed E-state index contributed by atoms with van der Waals surface area (Å²) < 4.78 is 2.74. The average Bonchev–Trinajstić information content (AvgIpc) is 2.62. The minimum atomic E-state index is -0.848. The summed E-state index contributed by atoms with van der Waals surface area (Å²) in [6, 6.07) is 2.02. The zero-order valence-electron chi connectivity index (χ0n) is 8.15. The number of aromatic carboxylic acids is 1. The van der Waals surface area contributed by atoms with E-state index in [-0.39, 0.29) is 0 Å². The Labute approximate surface area is 101 Å². The van der Waals surface area contributed by atoms with Gasteiger partial charge in [0.2, 0.25) is 0 Å². The summed E-state index contributed by atoms with van der Waals surface area (Å²) in [4.78, 5) is 11.0. The quantitative estimate of drug-likeness (QED) is 0.910. The smallest absolute Gasteiger partial charge is 0.352 e. The fraction of sp³-hybridized carbons (Fsp3) is 0.500. The van der Waals surface area contributed by atoms with Crippen molar-refractivity contribution in [3.8, 4) is 0 Å². The van der Waals surface area contributed by atoms with E-state index >= 15 is 0 Å². The zero-order valence-corrected chi connectivity index (χ0v) is 10.6. The lowest BCUT2D eigenvalue weighted by atomic mass is 10.1. The van der Waals surface area contributed by atoms with E-state index in [1.807, 2.05) is 22.5 Å². The first-order valence-corrected chi connectivity index (χ1v) is 6.81. The summed E-state index contributed by atoms with van der Waals surface area (Å²) in [5.74, 6) is 1.40. The Hall–Kier alpha value is -0.420. The Morgan fingerprint density at radius 1 is 1.53 bits per heavy atom. The van der Waals surface area contributed by atoms with Gasteiger partial charge in [-0.3, -0.25) is 0 Å². The first-order chi connectivity index (χ1) is 7.18. The van der Waals surface area contributed by atoms with Crippen LogP contribution in [0.1, 0.15) is 29.4 Å². The van der Waals surface area contributed by atoms with Crippen molar-refractivity contribution in [3.63, 3.8) is 0 Å². The highest BCUT2D eigenvalue weighted by atomic mass is 79.9. The number of hydrogen-bond acceptors (Lipinski definition) is 2. The van der Waals surface area contributed by atoms with Crippen molar-refractivity contribution in [2.24, 2.45) is 0 Å². The highest BCUT2D eigenvalue weighted by Gasteiger charge is 2.21. The third-order valence-electron chi connectivity index (χ3n) is 2.62. The molecule has 2 rings (SSSR count). The van der Waals surface area contributed by atoms with Crippen molar-refractivity contribution in [1.82, 2.24) is 4.57 Å². The van der Waals surface area contributed by atoms with Crippen molar-refractivity contribution in [3.05, 3.63) is 22.4 Å². The number of carboxylic acid groups (broad SMARTS) is 1. The van der Waals surface area contributed by atoms with Crippen LogP contribution in [0.2, 0.25) is 0 Å². The van der Waals surface area contributed by atoms with Crippen LogP contribution in [0.3, 0.4) is 0 Å². The molecule has 0 amide bonds. The van der Waals surface area contributed by atoms with Crippen molar-refractivity contribution >= 4 is 33.7 Å². The molecule has 5 heteroatoms. The Kier molecular flexibility index (Phi) is 3.41. The van der Waals surface area contributed by atoms with Gasteiger partial charge in [0.05, 0.1) is 0 Å². The van der Waals surface area contributed by atoms with E-state index in [1.165, 1.54) is 0 Å². The molecule has 2 heterocycles. The first-order valence-electron chi connectivity index (χ1n) is 4.87. The van der Waals surface area contributed by atoms with Gasteiger partial charge in [-0.05, 0) is 46.3 Å². The minimum absolute atomic E-state index is 0.351. The largest absolute Gasteiger partial charge is 0.477 e. The summed E-state index contributed by atoms with van der Waals surface area (Å²) in [6.45, 7) is 0. The van der Waals surface area contributed by atoms with E-state index < -0.39 is 5.97 Å². The van der Waals surface area contributed by atoms with Gasteiger partial charge in [0, 0.05) is 16.7 Å². The molecule has 3 nitrogen and oxygen atoms in total. The number of carboxylic acids is 1. The number of aromatic nitrogens is 1. The van der Waals surface area contributed by atoms with Crippen LogP contribution in [-0.4, -0.2) is 27.1 Å². The zero-order chi connectivity index (χ0) is 10.8. The molecular formula is C10H12BrNO2S. The van der Waals surface area contributed by atoms with E-state index in [2.05, 4.69) is 15.9 Å². The Morgan fingerprint density at radius 2 is 2.20 bits per heavy atom. The van der Waals surface area contributed by atoms with E-state index in [1.54, 1.807) is 6.07 Å². The minimum Gasteiger partial charge on any atom is -0.477 e. The van der Waals surface area contributed by atoms with Crippen molar-refractivity contribution in [1.29, 1.82) is 0 Å². The van der Waals surface area contributed by atoms with E-state index in [4.69, 9.17) is 5.11 Å². The van der Waals surface area contributed by atoms with Gasteiger partial charge in [0.15, 0.2) is 0 Å². The molecule has 1 saturated heterocycles. The molecule has 82 valence electrons. The molecule has 1 aliphatic rings. The van der Waals surface area contributed by atoms with E-state index in [9.17, 15) is 4.79 Å². The molecular weight excluding hydrogens is 278 g/mol. The predicted octanol–water partition coefficient (Wildman–Crippen LogP) is 3.02. The van der Waals surface area contributed by atoms with Gasteiger partial charge in [-0.15, -0.1) is 0 Å². The lowest BCUT2D eigenvalue weighted by molar-refractivity contribution is 0.0682. The van der Waals surface area contributed by atoms with E-state index in [0.29, 0.717) is 11.7 Å². The molecule has 0 saturated carbocycles. The lowest BCUT2D eigenvalue weighted by Crippen LogP contribution is -2.18. The molecule has 0 radical (unpaired) electrons. The third-order valence-corrected chi connectivity index (χ3v) is 4.10. The molecule has 15 heavy (non-hydrogen) atoms. The molecule has 0 aromatic carbocycles. The number of nitrogens with zero attached hydrogens (tertiary/aromatic N) is 1. The molecule has 0 unspecified atom stereocenters. The number of thioether (sulfide) groups is 1. The van der Waals surface area contributed by atoms with Crippen LogP contribution in [0.15, 0.2) is 16.7 Å².